The summed E-state index contributed by atoms with van der Waals surface area (Å²) in [5.74, 6) is 0.0343. The molecule has 19 heavy (non-hydrogen) atoms. The van der Waals surface area contributed by atoms with E-state index >= 15 is 0 Å². The highest BCUT2D eigenvalue weighted by Crippen LogP contribution is 2.25. The van der Waals surface area contributed by atoms with Gasteiger partial charge in [0.1, 0.15) is 6.29 Å². The lowest BCUT2D eigenvalue weighted by Crippen LogP contribution is -2.35. The number of halogens is 1. The number of hydrogen-bond donors (Lipinski definition) is 0. The smallest absolute Gasteiger partial charge is 0.273 e. The summed E-state index contributed by atoms with van der Waals surface area (Å²) in [6.45, 7) is 1.97. The second-order valence-electron chi connectivity index (χ2n) is 4.80. The quantitative estimate of drug-likeness (QED) is 0.484. The third kappa shape index (κ3) is 3.52. The van der Waals surface area contributed by atoms with Crippen molar-refractivity contribution in [3.63, 3.8) is 0 Å². The van der Waals surface area contributed by atoms with Crippen molar-refractivity contribution >= 4 is 23.6 Å². The molecule has 2 rings (SSSR count). The van der Waals surface area contributed by atoms with E-state index in [0.717, 1.165) is 25.7 Å². The number of carbonyl (C=O) groups excluding carboxylic acids is 1. The monoisotopic (exact) mass is 282 g/mol. The maximum atomic E-state index is 11.0. The minimum atomic E-state index is -0.396. The van der Waals surface area contributed by atoms with E-state index in [1.807, 2.05) is 0 Å². The summed E-state index contributed by atoms with van der Waals surface area (Å²) >= 11 is 5.90. The first-order chi connectivity index (χ1) is 9.10. The van der Waals surface area contributed by atoms with Crippen LogP contribution in [0.5, 0.6) is 0 Å². The predicted octanol–water partition coefficient (Wildman–Crippen LogP) is 2.66. The normalized spacial score (nSPS) is 20.2. The summed E-state index contributed by atoms with van der Waals surface area (Å²) in [6, 6.07) is 4.58. The summed E-state index contributed by atoms with van der Waals surface area (Å²) in [6.07, 6.45) is 2.81. The molecule has 1 saturated heterocycles. The minimum absolute atomic E-state index is 0.0343. The number of likely N-dealkylation sites (tertiary alicyclic amines) is 1. The highest BCUT2D eigenvalue weighted by atomic mass is 35.5. The minimum Gasteiger partial charge on any atom is -0.303 e. The van der Waals surface area contributed by atoms with Gasteiger partial charge in [-0.25, -0.2) is 0 Å². The lowest BCUT2D eigenvalue weighted by Gasteiger charge is -2.29. The summed E-state index contributed by atoms with van der Waals surface area (Å²) < 4.78 is 0. The number of hydrogen-bond acceptors (Lipinski definition) is 4. The fraction of sp³-hybridized carbons (Fsp3) is 0.462. The number of benzene rings is 1. The Morgan fingerprint density at radius 2 is 2.32 bits per heavy atom. The molecule has 1 aromatic carbocycles. The van der Waals surface area contributed by atoms with Gasteiger partial charge >= 0.3 is 0 Å². The van der Waals surface area contributed by atoms with Crippen molar-refractivity contribution in [1.29, 1.82) is 0 Å². The molecule has 1 fully saturated rings. The van der Waals surface area contributed by atoms with Crippen LogP contribution in [-0.4, -0.2) is 29.2 Å². The maximum Gasteiger partial charge on any atom is 0.273 e. The Kier molecular flexibility index (Phi) is 4.50. The molecule has 0 spiro atoms. The van der Waals surface area contributed by atoms with Crippen LogP contribution < -0.4 is 0 Å². The predicted molar refractivity (Wildman–Crippen MR) is 72.2 cm³/mol. The van der Waals surface area contributed by atoms with Crippen molar-refractivity contribution in [3.05, 3.63) is 38.9 Å². The van der Waals surface area contributed by atoms with Gasteiger partial charge in [0, 0.05) is 35.7 Å². The lowest BCUT2D eigenvalue weighted by molar-refractivity contribution is -0.385. The van der Waals surface area contributed by atoms with Crippen molar-refractivity contribution in [2.45, 2.75) is 19.4 Å². The summed E-state index contributed by atoms with van der Waals surface area (Å²) in [7, 11) is 0. The zero-order chi connectivity index (χ0) is 13.8. The third-order valence-electron chi connectivity index (χ3n) is 3.37. The van der Waals surface area contributed by atoms with Gasteiger partial charge in [-0.1, -0.05) is 11.6 Å². The van der Waals surface area contributed by atoms with Crippen molar-refractivity contribution in [2.75, 3.05) is 13.1 Å². The van der Waals surface area contributed by atoms with E-state index in [1.165, 1.54) is 12.1 Å². The van der Waals surface area contributed by atoms with Gasteiger partial charge in [0.25, 0.3) is 5.69 Å². The van der Waals surface area contributed by atoms with E-state index in [1.54, 1.807) is 6.07 Å². The van der Waals surface area contributed by atoms with Crippen LogP contribution in [0.4, 0.5) is 5.69 Å². The van der Waals surface area contributed by atoms with Gasteiger partial charge in [-0.15, -0.1) is 0 Å². The first-order valence-electron chi connectivity index (χ1n) is 6.20. The fourth-order valence-corrected chi connectivity index (χ4v) is 2.64. The van der Waals surface area contributed by atoms with Gasteiger partial charge in [-0.2, -0.15) is 0 Å². The number of nitro benzene ring substituents is 1. The lowest BCUT2D eigenvalue weighted by atomic mass is 9.99. The topological polar surface area (TPSA) is 63.5 Å². The molecule has 1 atom stereocenters. The average molecular weight is 283 g/mol. The molecule has 6 heteroatoms. The number of aldehydes is 1. The van der Waals surface area contributed by atoms with Crippen LogP contribution in [0.1, 0.15) is 18.4 Å². The molecule has 0 radical (unpaired) electrons. The molecule has 0 aromatic heterocycles. The largest absolute Gasteiger partial charge is 0.303 e. The van der Waals surface area contributed by atoms with E-state index in [-0.39, 0.29) is 11.6 Å². The second-order valence-corrected chi connectivity index (χ2v) is 5.24. The van der Waals surface area contributed by atoms with Gasteiger partial charge in [0.05, 0.1) is 4.92 Å². The van der Waals surface area contributed by atoms with E-state index in [0.29, 0.717) is 23.7 Å². The standard InChI is InChI=1S/C13H15ClN2O3/c14-12-3-4-13(16(18)19)11(6-12)8-15-5-1-2-10(7-15)9-17/h3-4,6,9-10H,1-2,5,7-8H2. The van der Waals surface area contributed by atoms with Crippen LogP contribution in [0.2, 0.25) is 5.02 Å². The van der Waals surface area contributed by atoms with Crippen molar-refractivity contribution in [1.82, 2.24) is 4.90 Å². The molecule has 1 unspecified atom stereocenters. The Balaban J connectivity index is 2.15. The zero-order valence-corrected chi connectivity index (χ0v) is 11.2. The van der Waals surface area contributed by atoms with E-state index < -0.39 is 4.92 Å². The molecule has 0 amide bonds. The Labute approximate surface area is 116 Å². The van der Waals surface area contributed by atoms with Crippen LogP contribution >= 0.6 is 11.6 Å². The van der Waals surface area contributed by atoms with Crippen LogP contribution in [0.15, 0.2) is 18.2 Å². The molecule has 0 saturated carbocycles. The Morgan fingerprint density at radius 1 is 1.53 bits per heavy atom. The van der Waals surface area contributed by atoms with Gasteiger partial charge in [-0.3, -0.25) is 15.0 Å². The molecule has 1 heterocycles. The third-order valence-corrected chi connectivity index (χ3v) is 3.60. The van der Waals surface area contributed by atoms with E-state index in [2.05, 4.69) is 4.90 Å². The van der Waals surface area contributed by atoms with E-state index in [4.69, 9.17) is 11.6 Å². The molecular formula is C13H15ClN2O3. The zero-order valence-electron chi connectivity index (χ0n) is 10.4. The number of nitrogens with zero attached hydrogens (tertiary/aromatic N) is 2. The fourth-order valence-electron chi connectivity index (χ4n) is 2.45. The highest BCUT2D eigenvalue weighted by Gasteiger charge is 2.22. The van der Waals surface area contributed by atoms with Gasteiger partial charge in [0.15, 0.2) is 0 Å². The first kappa shape index (κ1) is 14.0. The molecule has 1 aromatic rings. The second kappa shape index (κ2) is 6.12. The van der Waals surface area contributed by atoms with Crippen LogP contribution in [-0.2, 0) is 11.3 Å². The van der Waals surface area contributed by atoms with Gasteiger partial charge in [-0.05, 0) is 31.5 Å². The molecular weight excluding hydrogens is 268 g/mol. The van der Waals surface area contributed by atoms with Crippen LogP contribution in [0.3, 0.4) is 0 Å². The van der Waals surface area contributed by atoms with Gasteiger partial charge < -0.3 is 4.79 Å². The Morgan fingerprint density at radius 3 is 3.00 bits per heavy atom. The van der Waals surface area contributed by atoms with Crippen molar-refractivity contribution < 1.29 is 9.72 Å². The molecule has 1 aliphatic rings. The average Bonchev–Trinajstić information content (AvgIpc) is 2.38. The number of nitro groups is 1. The molecule has 0 bridgehead atoms. The van der Waals surface area contributed by atoms with Crippen molar-refractivity contribution in [2.24, 2.45) is 5.92 Å². The Hall–Kier alpha value is -1.46. The molecule has 0 aliphatic carbocycles. The molecule has 1 aliphatic heterocycles. The summed E-state index contributed by atoms with van der Waals surface area (Å²) in [4.78, 5) is 23.5. The van der Waals surface area contributed by atoms with E-state index in [9.17, 15) is 14.9 Å². The molecule has 102 valence electrons. The Bertz CT molecular complexity index is 493. The van der Waals surface area contributed by atoms with Crippen LogP contribution in [0, 0.1) is 16.0 Å². The number of piperidine rings is 1. The first-order valence-corrected chi connectivity index (χ1v) is 6.58. The molecule has 5 nitrogen and oxygen atoms in total. The molecule has 0 N–H and O–H groups in total. The number of rotatable bonds is 4. The van der Waals surface area contributed by atoms with Gasteiger partial charge in [0.2, 0.25) is 0 Å². The summed E-state index contributed by atoms with van der Waals surface area (Å²) in [5, 5.41) is 11.5. The highest BCUT2D eigenvalue weighted by molar-refractivity contribution is 6.30. The summed E-state index contributed by atoms with van der Waals surface area (Å²) in [5.41, 5.74) is 0.682. The maximum absolute atomic E-state index is 11.0. The SMILES string of the molecule is O=CC1CCCN(Cc2cc(Cl)ccc2[N+](=O)[O-])C1. The van der Waals surface area contributed by atoms with Crippen LogP contribution in [0.25, 0.3) is 0 Å². The van der Waals surface area contributed by atoms with Crippen molar-refractivity contribution in [3.8, 4) is 0 Å². The number of carbonyl (C=O) groups is 1.